The van der Waals surface area contributed by atoms with Gasteiger partial charge in [0.05, 0.1) is 0 Å². The number of carbonyl (C=O) groups is 1. The molecule has 1 N–H and O–H groups in total. The predicted molar refractivity (Wildman–Crippen MR) is 102 cm³/mol. The molecule has 138 valence electrons. The maximum atomic E-state index is 12.4. The standard InChI is InChI=1S/C21H33N3O/c1-17-6-5-7-20(14-17)23(2)21(25)22-15-18-8-10-19(11-9-18)16-24-12-3-4-13-24/h8-11,17,20H,3-7,12-16H2,1-2H3,(H,22,25). The summed E-state index contributed by atoms with van der Waals surface area (Å²) in [6.07, 6.45) is 7.47. The molecule has 0 spiro atoms. The highest BCUT2D eigenvalue weighted by Gasteiger charge is 2.25. The molecule has 2 aliphatic rings. The summed E-state index contributed by atoms with van der Waals surface area (Å²) in [5.74, 6) is 0.733. The number of nitrogens with zero attached hydrogens (tertiary/aromatic N) is 2. The number of rotatable bonds is 5. The summed E-state index contributed by atoms with van der Waals surface area (Å²) in [6, 6.07) is 9.15. The summed E-state index contributed by atoms with van der Waals surface area (Å²) in [7, 11) is 1.94. The number of urea groups is 1. The Balaban J connectivity index is 1.44. The van der Waals surface area contributed by atoms with Gasteiger partial charge in [-0.3, -0.25) is 4.90 Å². The Bertz CT molecular complexity index is 551. The first kappa shape index (κ1) is 18.2. The molecule has 3 rings (SSSR count). The minimum atomic E-state index is 0.0558. The Labute approximate surface area is 152 Å². The Morgan fingerprint density at radius 1 is 1.12 bits per heavy atom. The van der Waals surface area contributed by atoms with Gasteiger partial charge in [0.25, 0.3) is 0 Å². The van der Waals surface area contributed by atoms with Crippen molar-refractivity contribution in [3.05, 3.63) is 35.4 Å². The van der Waals surface area contributed by atoms with Crippen LogP contribution in [0.3, 0.4) is 0 Å². The third kappa shape index (κ3) is 5.21. The van der Waals surface area contributed by atoms with Crippen molar-refractivity contribution in [3.63, 3.8) is 0 Å². The van der Waals surface area contributed by atoms with Crippen LogP contribution in [0.5, 0.6) is 0 Å². The van der Waals surface area contributed by atoms with Crippen molar-refractivity contribution in [2.45, 2.75) is 64.6 Å². The molecule has 25 heavy (non-hydrogen) atoms. The van der Waals surface area contributed by atoms with Crippen LogP contribution in [-0.2, 0) is 13.1 Å². The summed E-state index contributed by atoms with van der Waals surface area (Å²) in [6.45, 7) is 6.40. The van der Waals surface area contributed by atoms with Crippen molar-refractivity contribution in [1.82, 2.24) is 15.1 Å². The molecular formula is C21H33N3O. The summed E-state index contributed by atoms with van der Waals surface area (Å²) >= 11 is 0. The molecule has 1 heterocycles. The molecule has 4 heteroatoms. The molecule has 0 radical (unpaired) electrons. The minimum absolute atomic E-state index is 0.0558. The van der Waals surface area contributed by atoms with E-state index in [1.54, 1.807) is 0 Å². The van der Waals surface area contributed by atoms with Crippen LogP contribution in [0.2, 0.25) is 0 Å². The van der Waals surface area contributed by atoms with Gasteiger partial charge in [0.15, 0.2) is 0 Å². The zero-order valence-electron chi connectivity index (χ0n) is 15.8. The van der Waals surface area contributed by atoms with Crippen LogP contribution in [0.4, 0.5) is 4.79 Å². The van der Waals surface area contributed by atoms with Crippen LogP contribution in [0.25, 0.3) is 0 Å². The third-order valence-electron chi connectivity index (χ3n) is 5.85. The number of hydrogen-bond donors (Lipinski definition) is 1. The van der Waals surface area contributed by atoms with E-state index in [2.05, 4.69) is 41.4 Å². The summed E-state index contributed by atoms with van der Waals surface area (Å²) < 4.78 is 0. The van der Waals surface area contributed by atoms with Crippen LogP contribution in [0.15, 0.2) is 24.3 Å². The van der Waals surface area contributed by atoms with E-state index < -0.39 is 0 Å². The lowest BCUT2D eigenvalue weighted by Crippen LogP contribution is -2.45. The maximum absolute atomic E-state index is 12.4. The molecule has 1 saturated carbocycles. The summed E-state index contributed by atoms with van der Waals surface area (Å²) in [5.41, 5.74) is 2.54. The number of amides is 2. The average molecular weight is 344 g/mol. The van der Waals surface area contributed by atoms with Crippen molar-refractivity contribution < 1.29 is 4.79 Å². The molecule has 1 aliphatic heterocycles. The first-order valence-corrected chi connectivity index (χ1v) is 9.92. The first-order valence-electron chi connectivity index (χ1n) is 9.92. The van der Waals surface area contributed by atoms with Gasteiger partial charge >= 0.3 is 6.03 Å². The fourth-order valence-electron chi connectivity index (χ4n) is 4.18. The van der Waals surface area contributed by atoms with E-state index in [0.717, 1.165) is 25.3 Å². The van der Waals surface area contributed by atoms with E-state index in [1.165, 1.54) is 49.9 Å². The van der Waals surface area contributed by atoms with E-state index >= 15 is 0 Å². The largest absolute Gasteiger partial charge is 0.334 e. The van der Waals surface area contributed by atoms with Gasteiger partial charge in [0, 0.05) is 26.2 Å². The smallest absolute Gasteiger partial charge is 0.317 e. The predicted octanol–water partition coefficient (Wildman–Crippen LogP) is 4.00. The number of nitrogens with one attached hydrogen (secondary N) is 1. The van der Waals surface area contributed by atoms with Crippen LogP contribution in [0, 0.1) is 5.92 Å². The average Bonchev–Trinajstić information content (AvgIpc) is 3.13. The molecule has 1 aromatic carbocycles. The highest BCUT2D eigenvalue weighted by molar-refractivity contribution is 5.74. The Morgan fingerprint density at radius 3 is 2.48 bits per heavy atom. The molecule has 2 amide bonds. The number of carbonyl (C=O) groups excluding carboxylic acids is 1. The maximum Gasteiger partial charge on any atom is 0.317 e. The van der Waals surface area contributed by atoms with Gasteiger partial charge in [0.2, 0.25) is 0 Å². The van der Waals surface area contributed by atoms with E-state index in [4.69, 9.17) is 0 Å². The van der Waals surface area contributed by atoms with Crippen LogP contribution in [-0.4, -0.2) is 42.0 Å². The molecule has 1 aliphatic carbocycles. The molecule has 1 saturated heterocycles. The van der Waals surface area contributed by atoms with Gasteiger partial charge < -0.3 is 10.2 Å². The number of hydrogen-bond acceptors (Lipinski definition) is 2. The second kappa shape index (κ2) is 8.70. The van der Waals surface area contributed by atoms with Gasteiger partial charge in [-0.05, 0) is 55.8 Å². The van der Waals surface area contributed by atoms with Gasteiger partial charge in [-0.15, -0.1) is 0 Å². The molecular weight excluding hydrogens is 310 g/mol. The van der Waals surface area contributed by atoms with Gasteiger partial charge in [-0.1, -0.05) is 44.0 Å². The molecule has 2 unspecified atom stereocenters. The fraction of sp³-hybridized carbons (Fsp3) is 0.667. The van der Waals surface area contributed by atoms with Gasteiger partial charge in [0.1, 0.15) is 0 Å². The molecule has 2 atom stereocenters. The van der Waals surface area contributed by atoms with Crippen LogP contribution >= 0.6 is 0 Å². The number of likely N-dealkylation sites (tertiary alicyclic amines) is 1. The highest BCUT2D eigenvalue weighted by atomic mass is 16.2. The second-order valence-electron chi connectivity index (χ2n) is 7.99. The van der Waals surface area contributed by atoms with Crippen molar-refractivity contribution in [3.8, 4) is 0 Å². The van der Waals surface area contributed by atoms with Gasteiger partial charge in [-0.25, -0.2) is 4.79 Å². The third-order valence-corrected chi connectivity index (χ3v) is 5.85. The van der Waals surface area contributed by atoms with Crippen LogP contribution in [0.1, 0.15) is 56.6 Å². The van der Waals surface area contributed by atoms with Crippen molar-refractivity contribution in [1.29, 1.82) is 0 Å². The van der Waals surface area contributed by atoms with E-state index in [1.807, 2.05) is 11.9 Å². The SMILES string of the molecule is CC1CCCC(N(C)C(=O)NCc2ccc(CN3CCCC3)cc2)C1. The first-order chi connectivity index (χ1) is 12.1. The lowest BCUT2D eigenvalue weighted by Gasteiger charge is -2.34. The summed E-state index contributed by atoms with van der Waals surface area (Å²) in [4.78, 5) is 16.9. The highest BCUT2D eigenvalue weighted by Crippen LogP contribution is 2.26. The lowest BCUT2D eigenvalue weighted by atomic mass is 9.86. The second-order valence-corrected chi connectivity index (χ2v) is 7.99. The van der Waals surface area contributed by atoms with Crippen molar-refractivity contribution >= 4 is 6.03 Å². The molecule has 1 aromatic rings. The molecule has 0 aromatic heterocycles. The molecule has 2 fully saturated rings. The Kier molecular flexibility index (Phi) is 6.35. The zero-order valence-corrected chi connectivity index (χ0v) is 15.8. The van der Waals surface area contributed by atoms with Crippen molar-refractivity contribution in [2.24, 2.45) is 5.92 Å². The fourth-order valence-corrected chi connectivity index (χ4v) is 4.18. The minimum Gasteiger partial charge on any atom is -0.334 e. The number of benzene rings is 1. The lowest BCUT2D eigenvalue weighted by molar-refractivity contribution is 0.160. The van der Waals surface area contributed by atoms with E-state index in [9.17, 15) is 4.79 Å². The molecule has 0 bridgehead atoms. The molecule has 4 nitrogen and oxygen atoms in total. The quantitative estimate of drug-likeness (QED) is 0.877. The van der Waals surface area contributed by atoms with Crippen LogP contribution < -0.4 is 5.32 Å². The summed E-state index contributed by atoms with van der Waals surface area (Å²) in [5, 5.41) is 3.08. The monoisotopic (exact) mass is 343 g/mol. The zero-order chi connectivity index (χ0) is 17.6. The van der Waals surface area contributed by atoms with Crippen molar-refractivity contribution in [2.75, 3.05) is 20.1 Å². The topological polar surface area (TPSA) is 35.6 Å². The van der Waals surface area contributed by atoms with E-state index in [0.29, 0.717) is 12.6 Å². The Morgan fingerprint density at radius 2 is 1.80 bits per heavy atom. The normalized spacial score (nSPS) is 24.2. The Hall–Kier alpha value is -1.55. The van der Waals surface area contributed by atoms with Gasteiger partial charge in [-0.2, -0.15) is 0 Å². The van der Waals surface area contributed by atoms with E-state index in [-0.39, 0.29) is 6.03 Å².